The van der Waals surface area contributed by atoms with Gasteiger partial charge in [0.25, 0.3) is 0 Å². The molecule has 0 aromatic carbocycles. The average Bonchev–Trinajstić information content (AvgIpc) is 2.90. The van der Waals surface area contributed by atoms with Gasteiger partial charge in [0, 0.05) is 12.4 Å². The van der Waals surface area contributed by atoms with Crippen LogP contribution in [0, 0.1) is 0 Å². The number of imidazole rings is 1. The summed E-state index contributed by atoms with van der Waals surface area (Å²) in [7, 11) is 0. The summed E-state index contributed by atoms with van der Waals surface area (Å²) in [5, 5.41) is 2.86. The van der Waals surface area contributed by atoms with Gasteiger partial charge in [-0.15, -0.1) is 0 Å². The van der Waals surface area contributed by atoms with Gasteiger partial charge in [0.1, 0.15) is 11.4 Å². The number of aromatic amines is 1. The third kappa shape index (κ3) is 6.43. The van der Waals surface area contributed by atoms with E-state index in [0.29, 0.717) is 12.2 Å². The first-order valence-electron chi connectivity index (χ1n) is 7.28. The lowest BCUT2D eigenvalue weighted by Crippen LogP contribution is -2.35. The van der Waals surface area contributed by atoms with Crippen molar-refractivity contribution in [3.8, 4) is 0 Å². The van der Waals surface area contributed by atoms with Crippen molar-refractivity contribution in [1.82, 2.24) is 15.3 Å². The van der Waals surface area contributed by atoms with Gasteiger partial charge in [-0.3, -0.25) is 0 Å². The van der Waals surface area contributed by atoms with E-state index in [1.54, 1.807) is 18.5 Å². The Balaban J connectivity index is 2.88. The van der Waals surface area contributed by atoms with E-state index in [9.17, 15) is 4.79 Å². The van der Waals surface area contributed by atoms with Crippen LogP contribution in [-0.4, -0.2) is 21.7 Å². The fourth-order valence-electron chi connectivity index (χ4n) is 1.93. The lowest BCUT2D eigenvalue weighted by Gasteiger charge is -2.23. The molecule has 0 aliphatic heterocycles. The third-order valence-corrected chi connectivity index (χ3v) is 2.69. The zero-order valence-electron chi connectivity index (χ0n) is 13.7. The first-order chi connectivity index (χ1) is 10.4. The molecule has 5 heteroatoms. The van der Waals surface area contributed by atoms with Crippen LogP contribution in [0.15, 0.2) is 48.8 Å². The molecule has 0 aliphatic rings. The fourth-order valence-corrected chi connectivity index (χ4v) is 1.93. The van der Waals surface area contributed by atoms with Gasteiger partial charge in [0.15, 0.2) is 0 Å². The summed E-state index contributed by atoms with van der Waals surface area (Å²) in [5.74, 6) is 0.685. The Labute approximate surface area is 132 Å². The summed E-state index contributed by atoms with van der Waals surface area (Å²) < 4.78 is 5.32. The zero-order valence-corrected chi connectivity index (χ0v) is 13.7. The van der Waals surface area contributed by atoms with Crippen molar-refractivity contribution in [3.05, 3.63) is 54.7 Å². The first-order valence-corrected chi connectivity index (χ1v) is 7.28. The first kappa shape index (κ1) is 17.8. The number of hydrogen-bond donors (Lipinski definition) is 2. The van der Waals surface area contributed by atoms with Crippen molar-refractivity contribution in [2.75, 3.05) is 0 Å². The molecule has 0 aliphatic carbocycles. The van der Waals surface area contributed by atoms with E-state index in [1.807, 2.05) is 45.9 Å². The van der Waals surface area contributed by atoms with E-state index in [-0.39, 0.29) is 6.04 Å². The molecular weight excluding hydrogens is 278 g/mol. The normalized spacial score (nSPS) is 13.9. The van der Waals surface area contributed by atoms with Crippen molar-refractivity contribution >= 4 is 6.09 Å². The fraction of sp³-hybridized carbons (Fsp3) is 0.412. The molecule has 0 fully saturated rings. The highest BCUT2D eigenvalue weighted by Crippen LogP contribution is 2.20. The standard InChI is InChI=1S/C17H25N3O2/c1-6-8-13(9-7-2)12-14(15-18-10-11-19-15)20-16(21)22-17(3,4)5/h6-11,14H,1,12H2,2-5H3,(H,18,19)(H,20,21)/b9-7-,13-8+. The molecule has 1 heterocycles. The van der Waals surface area contributed by atoms with Gasteiger partial charge >= 0.3 is 6.09 Å². The Hall–Kier alpha value is -2.30. The lowest BCUT2D eigenvalue weighted by molar-refractivity contribution is 0.0501. The maximum Gasteiger partial charge on any atom is 0.408 e. The minimum Gasteiger partial charge on any atom is -0.444 e. The summed E-state index contributed by atoms with van der Waals surface area (Å²) in [4.78, 5) is 19.3. The number of nitrogens with one attached hydrogen (secondary N) is 2. The van der Waals surface area contributed by atoms with Crippen molar-refractivity contribution in [2.24, 2.45) is 0 Å². The van der Waals surface area contributed by atoms with Crippen LogP contribution in [0.25, 0.3) is 0 Å². The van der Waals surface area contributed by atoms with Gasteiger partial charge in [-0.25, -0.2) is 9.78 Å². The Kier molecular flexibility index (Phi) is 6.63. The van der Waals surface area contributed by atoms with E-state index in [0.717, 1.165) is 5.57 Å². The summed E-state index contributed by atoms with van der Waals surface area (Å²) in [5.41, 5.74) is 0.496. The molecule has 1 aromatic rings. The van der Waals surface area contributed by atoms with E-state index in [2.05, 4.69) is 21.9 Å². The Bertz CT molecular complexity index is 537. The predicted octanol–water partition coefficient (Wildman–Crippen LogP) is 4.05. The van der Waals surface area contributed by atoms with Crippen LogP contribution in [0.2, 0.25) is 0 Å². The number of nitrogens with zero attached hydrogens (tertiary/aromatic N) is 1. The zero-order chi connectivity index (χ0) is 16.6. The number of amides is 1. The van der Waals surface area contributed by atoms with Gasteiger partial charge in [-0.05, 0) is 39.7 Å². The van der Waals surface area contributed by atoms with Crippen molar-refractivity contribution < 1.29 is 9.53 Å². The molecule has 120 valence electrons. The molecule has 1 atom stereocenters. The number of carbonyl (C=O) groups is 1. The molecule has 1 aromatic heterocycles. The molecule has 1 amide bonds. The molecule has 1 rings (SSSR count). The van der Waals surface area contributed by atoms with Crippen LogP contribution in [0.4, 0.5) is 4.79 Å². The Morgan fingerprint density at radius 1 is 1.55 bits per heavy atom. The summed E-state index contributed by atoms with van der Waals surface area (Å²) in [6.45, 7) is 11.2. The quantitative estimate of drug-likeness (QED) is 0.779. The average molecular weight is 303 g/mol. The molecule has 0 spiro atoms. The molecule has 0 saturated heterocycles. The molecule has 5 nitrogen and oxygen atoms in total. The van der Waals surface area contributed by atoms with Crippen molar-refractivity contribution in [2.45, 2.75) is 45.8 Å². The highest BCUT2D eigenvalue weighted by Gasteiger charge is 2.22. The Morgan fingerprint density at radius 3 is 2.77 bits per heavy atom. The molecule has 2 N–H and O–H groups in total. The third-order valence-electron chi connectivity index (χ3n) is 2.69. The second-order valence-corrected chi connectivity index (χ2v) is 5.85. The number of carbonyl (C=O) groups excluding carboxylic acids is 1. The molecule has 0 radical (unpaired) electrons. The maximum atomic E-state index is 12.0. The summed E-state index contributed by atoms with van der Waals surface area (Å²) >= 11 is 0. The number of alkyl carbamates (subject to hydrolysis) is 1. The number of hydrogen-bond acceptors (Lipinski definition) is 3. The lowest BCUT2D eigenvalue weighted by atomic mass is 10.0. The van der Waals surface area contributed by atoms with Gasteiger partial charge in [-0.1, -0.05) is 30.9 Å². The van der Waals surface area contributed by atoms with Crippen LogP contribution in [-0.2, 0) is 4.74 Å². The van der Waals surface area contributed by atoms with Crippen LogP contribution in [0.5, 0.6) is 0 Å². The molecule has 0 saturated carbocycles. The topological polar surface area (TPSA) is 67.0 Å². The van der Waals surface area contributed by atoms with E-state index >= 15 is 0 Å². The second-order valence-electron chi connectivity index (χ2n) is 5.85. The SMILES string of the molecule is C=C/C=C(\C=C/C)CC(NC(=O)OC(C)(C)C)c1ncc[nH]1. The van der Waals surface area contributed by atoms with Crippen LogP contribution < -0.4 is 5.32 Å². The number of ether oxygens (including phenoxy) is 1. The Morgan fingerprint density at radius 2 is 2.27 bits per heavy atom. The van der Waals surface area contributed by atoms with Crippen LogP contribution in [0.3, 0.4) is 0 Å². The largest absolute Gasteiger partial charge is 0.444 e. The minimum atomic E-state index is -0.541. The monoisotopic (exact) mass is 303 g/mol. The smallest absolute Gasteiger partial charge is 0.408 e. The molecule has 1 unspecified atom stereocenters. The summed E-state index contributed by atoms with van der Waals surface area (Å²) in [6.07, 6.45) is 11.1. The van der Waals surface area contributed by atoms with E-state index in [4.69, 9.17) is 4.74 Å². The molecular formula is C17H25N3O2. The van der Waals surface area contributed by atoms with E-state index < -0.39 is 11.7 Å². The van der Waals surface area contributed by atoms with E-state index in [1.165, 1.54) is 0 Å². The van der Waals surface area contributed by atoms with Crippen molar-refractivity contribution in [3.63, 3.8) is 0 Å². The summed E-state index contributed by atoms with van der Waals surface area (Å²) in [6, 6.07) is -0.299. The number of rotatable bonds is 6. The highest BCUT2D eigenvalue weighted by molar-refractivity contribution is 5.68. The highest BCUT2D eigenvalue weighted by atomic mass is 16.6. The van der Waals surface area contributed by atoms with Crippen LogP contribution in [0.1, 0.15) is 46.0 Å². The van der Waals surface area contributed by atoms with Gasteiger partial charge in [0.2, 0.25) is 0 Å². The molecule has 0 bridgehead atoms. The van der Waals surface area contributed by atoms with Crippen LogP contribution >= 0.6 is 0 Å². The van der Waals surface area contributed by atoms with Crippen molar-refractivity contribution in [1.29, 1.82) is 0 Å². The van der Waals surface area contributed by atoms with Gasteiger partial charge in [-0.2, -0.15) is 0 Å². The van der Waals surface area contributed by atoms with Gasteiger partial charge in [0.05, 0.1) is 6.04 Å². The maximum absolute atomic E-state index is 12.0. The number of aromatic nitrogens is 2. The number of allylic oxidation sites excluding steroid dienone is 4. The minimum absolute atomic E-state index is 0.299. The molecule has 22 heavy (non-hydrogen) atoms. The van der Waals surface area contributed by atoms with Gasteiger partial charge < -0.3 is 15.0 Å². The predicted molar refractivity (Wildman–Crippen MR) is 88.4 cm³/mol. The number of H-pyrrole nitrogens is 1. The second kappa shape index (κ2) is 8.22.